The molecule has 0 aliphatic carbocycles. The molecule has 2 fully saturated rings. The number of likely N-dealkylation sites (N-methyl/N-ethyl adjacent to an activating group) is 1. The summed E-state index contributed by atoms with van der Waals surface area (Å²) in [6.45, 7) is 5.11. The summed E-state index contributed by atoms with van der Waals surface area (Å²) in [6.07, 6.45) is 3.13. The Kier molecular flexibility index (Phi) is 9.14. The molecule has 2 aliphatic rings. The van der Waals surface area contributed by atoms with E-state index in [1.807, 2.05) is 11.8 Å². The minimum Gasteiger partial charge on any atom is -0.374 e. The van der Waals surface area contributed by atoms with Gasteiger partial charge in [0.05, 0.1) is 5.60 Å². The fourth-order valence-electron chi connectivity index (χ4n) is 2.90. The second-order valence-electron chi connectivity index (χ2n) is 6.92. The van der Waals surface area contributed by atoms with Crippen LogP contribution < -0.4 is 10.6 Å². The molecule has 2 heterocycles. The highest BCUT2D eigenvalue weighted by atomic mass is 127. The molecule has 0 radical (unpaired) electrons. The van der Waals surface area contributed by atoms with Crippen LogP contribution in [0.15, 0.2) is 4.99 Å². The van der Waals surface area contributed by atoms with E-state index in [2.05, 4.69) is 29.5 Å². The van der Waals surface area contributed by atoms with Crippen molar-refractivity contribution in [3.63, 3.8) is 0 Å². The number of guanidine groups is 1. The van der Waals surface area contributed by atoms with Gasteiger partial charge in [-0.3, -0.25) is 4.79 Å². The number of carbonyl (C=O) groups is 1. The second-order valence-corrected chi connectivity index (χ2v) is 8.03. The topological polar surface area (TPSA) is 66.0 Å². The van der Waals surface area contributed by atoms with Crippen LogP contribution in [0, 0.1) is 0 Å². The third-order valence-corrected chi connectivity index (χ3v) is 5.42. The van der Waals surface area contributed by atoms with Crippen molar-refractivity contribution in [1.82, 2.24) is 15.5 Å². The van der Waals surface area contributed by atoms with Gasteiger partial charge in [-0.25, -0.2) is 4.99 Å². The number of halogens is 1. The number of hydrogen-bond donors (Lipinski definition) is 2. The van der Waals surface area contributed by atoms with Crippen LogP contribution in [0.5, 0.6) is 0 Å². The maximum atomic E-state index is 11.8. The fourth-order valence-corrected chi connectivity index (χ4v) is 4.28. The van der Waals surface area contributed by atoms with Crippen LogP contribution in [0.25, 0.3) is 0 Å². The van der Waals surface area contributed by atoms with E-state index < -0.39 is 0 Å². The second kappa shape index (κ2) is 10.1. The van der Waals surface area contributed by atoms with Crippen molar-refractivity contribution in [1.29, 1.82) is 0 Å². The molecule has 0 saturated carbocycles. The van der Waals surface area contributed by atoms with Gasteiger partial charge in [-0.2, -0.15) is 11.8 Å². The number of nitrogens with zero attached hydrogens (tertiary/aromatic N) is 2. The molecule has 8 heteroatoms. The van der Waals surface area contributed by atoms with Crippen LogP contribution in [-0.2, 0) is 9.53 Å². The molecule has 2 saturated heterocycles. The Bertz CT molecular complexity index is 440. The first-order chi connectivity index (χ1) is 10.9. The predicted octanol–water partition coefficient (Wildman–Crippen LogP) is 1.69. The molecule has 1 spiro atoms. The Labute approximate surface area is 166 Å². The number of ether oxygens (including phenoxy) is 1. The first-order valence-electron chi connectivity index (χ1n) is 8.39. The summed E-state index contributed by atoms with van der Waals surface area (Å²) in [5.74, 6) is 3.01. The summed E-state index contributed by atoms with van der Waals surface area (Å²) < 4.78 is 6.07. The molecule has 2 aliphatic heterocycles. The lowest BCUT2D eigenvalue weighted by atomic mass is 9.90. The van der Waals surface area contributed by atoms with Gasteiger partial charge >= 0.3 is 0 Å². The van der Waals surface area contributed by atoms with Gasteiger partial charge in [0.15, 0.2) is 5.96 Å². The monoisotopic (exact) mass is 470 g/mol. The van der Waals surface area contributed by atoms with Gasteiger partial charge in [-0.05, 0) is 38.9 Å². The van der Waals surface area contributed by atoms with Crippen LogP contribution in [0.4, 0.5) is 0 Å². The zero-order valence-electron chi connectivity index (χ0n) is 15.1. The fraction of sp³-hybridized carbons (Fsp3) is 0.875. The lowest BCUT2D eigenvalue weighted by Gasteiger charge is -2.38. The summed E-state index contributed by atoms with van der Waals surface area (Å²) in [4.78, 5) is 17.8. The average Bonchev–Trinajstić information content (AvgIpc) is 2.91. The Hall–Kier alpha value is -0.220. The quantitative estimate of drug-likeness (QED) is 0.372. The molecular weight excluding hydrogens is 439 g/mol. The van der Waals surface area contributed by atoms with Gasteiger partial charge in [0.25, 0.3) is 0 Å². The number of rotatable bonds is 4. The minimum absolute atomic E-state index is 0. The Morgan fingerprint density at radius 1 is 1.46 bits per heavy atom. The van der Waals surface area contributed by atoms with E-state index in [1.165, 1.54) is 5.75 Å². The van der Waals surface area contributed by atoms with Crippen LogP contribution in [0.3, 0.4) is 0 Å². The normalized spacial score (nSPS) is 27.0. The smallest absolute Gasteiger partial charge is 0.243 e. The molecule has 0 aromatic rings. The minimum atomic E-state index is 0. The Morgan fingerprint density at radius 2 is 2.21 bits per heavy atom. The molecule has 2 rings (SSSR count). The highest BCUT2D eigenvalue weighted by molar-refractivity contribution is 14.0. The standard InChI is InChI=1S/C16H30N4O2S.HI/c1-12(2)18-15(17-10-14(21)20(3)4)19-13-5-7-22-16(9-13)6-8-23-11-16;/h12-13H,5-11H2,1-4H3,(H2,17,18,19);1H. The molecule has 0 bridgehead atoms. The molecule has 2 atom stereocenters. The van der Waals surface area contributed by atoms with Gasteiger partial charge in [0.2, 0.25) is 5.91 Å². The first-order valence-corrected chi connectivity index (χ1v) is 9.55. The molecule has 2 N–H and O–H groups in total. The number of carbonyl (C=O) groups excluding carboxylic acids is 1. The molecular formula is C16H31IN4O2S. The van der Waals surface area contributed by atoms with Gasteiger partial charge in [-0.1, -0.05) is 0 Å². The molecule has 0 aromatic heterocycles. The zero-order chi connectivity index (χ0) is 16.9. The number of amides is 1. The van der Waals surface area contributed by atoms with Crippen molar-refractivity contribution in [2.75, 3.05) is 38.8 Å². The maximum Gasteiger partial charge on any atom is 0.243 e. The number of hydrogen-bond acceptors (Lipinski definition) is 4. The molecule has 140 valence electrons. The van der Waals surface area contributed by atoms with Crippen LogP contribution in [0.1, 0.15) is 33.1 Å². The Balaban J connectivity index is 0.00000288. The number of thioether (sulfide) groups is 1. The molecule has 2 unspecified atom stereocenters. The third kappa shape index (κ3) is 6.59. The zero-order valence-corrected chi connectivity index (χ0v) is 18.3. The van der Waals surface area contributed by atoms with Crippen LogP contribution in [0.2, 0.25) is 0 Å². The van der Waals surface area contributed by atoms with E-state index in [4.69, 9.17) is 4.74 Å². The summed E-state index contributed by atoms with van der Waals surface area (Å²) in [7, 11) is 3.50. The van der Waals surface area contributed by atoms with E-state index >= 15 is 0 Å². The highest BCUT2D eigenvalue weighted by Crippen LogP contribution is 2.38. The lowest BCUT2D eigenvalue weighted by molar-refractivity contribution is -0.127. The van der Waals surface area contributed by atoms with E-state index in [0.717, 1.165) is 37.6 Å². The molecule has 0 aromatic carbocycles. The van der Waals surface area contributed by atoms with E-state index in [9.17, 15) is 4.79 Å². The third-order valence-electron chi connectivity index (χ3n) is 4.20. The molecule has 6 nitrogen and oxygen atoms in total. The van der Waals surface area contributed by atoms with Crippen LogP contribution >= 0.6 is 35.7 Å². The SMILES string of the molecule is CC(C)NC(=NCC(=O)N(C)C)NC1CCOC2(CCSC2)C1.I. The van der Waals surface area contributed by atoms with Crippen molar-refractivity contribution in [3.05, 3.63) is 0 Å². The van der Waals surface area contributed by atoms with Gasteiger partial charge in [-0.15, -0.1) is 24.0 Å². The largest absolute Gasteiger partial charge is 0.374 e. The maximum absolute atomic E-state index is 11.8. The van der Waals surface area contributed by atoms with Gasteiger partial charge in [0.1, 0.15) is 6.54 Å². The summed E-state index contributed by atoms with van der Waals surface area (Å²) >= 11 is 1.98. The molecule has 1 amide bonds. The van der Waals surface area contributed by atoms with Crippen LogP contribution in [-0.4, -0.2) is 73.2 Å². The summed E-state index contributed by atoms with van der Waals surface area (Å²) in [5, 5.41) is 6.83. The Morgan fingerprint density at radius 3 is 2.79 bits per heavy atom. The lowest BCUT2D eigenvalue weighted by Crippen LogP contribution is -2.52. The van der Waals surface area contributed by atoms with Gasteiger partial charge in [0, 0.05) is 38.5 Å². The van der Waals surface area contributed by atoms with E-state index in [1.54, 1.807) is 19.0 Å². The highest BCUT2D eigenvalue weighted by Gasteiger charge is 2.40. The summed E-state index contributed by atoms with van der Waals surface area (Å²) in [5.41, 5.74) is 0.0446. The van der Waals surface area contributed by atoms with E-state index in [0.29, 0.717) is 6.04 Å². The van der Waals surface area contributed by atoms with Crippen molar-refractivity contribution in [2.24, 2.45) is 4.99 Å². The van der Waals surface area contributed by atoms with Crippen molar-refractivity contribution >= 4 is 47.6 Å². The first kappa shape index (κ1) is 21.8. The number of aliphatic imine (C=N–C) groups is 1. The van der Waals surface area contributed by atoms with E-state index in [-0.39, 0.29) is 48.1 Å². The van der Waals surface area contributed by atoms with Crippen molar-refractivity contribution in [3.8, 4) is 0 Å². The van der Waals surface area contributed by atoms with Gasteiger partial charge < -0.3 is 20.3 Å². The van der Waals surface area contributed by atoms with Crippen molar-refractivity contribution in [2.45, 2.75) is 50.8 Å². The molecule has 24 heavy (non-hydrogen) atoms. The average molecular weight is 470 g/mol. The summed E-state index contributed by atoms with van der Waals surface area (Å²) in [6, 6.07) is 0.619. The predicted molar refractivity (Wildman–Crippen MR) is 111 cm³/mol. The number of nitrogens with one attached hydrogen (secondary N) is 2. The van der Waals surface area contributed by atoms with Crippen molar-refractivity contribution < 1.29 is 9.53 Å².